The molecule has 8 heteroatoms. The lowest BCUT2D eigenvalue weighted by molar-refractivity contribution is -0.155. The lowest BCUT2D eigenvalue weighted by Crippen LogP contribution is -2.57. The van der Waals surface area contributed by atoms with Gasteiger partial charge in [0, 0.05) is 25.7 Å². The number of carbonyl (C=O) groups is 3. The van der Waals surface area contributed by atoms with Gasteiger partial charge >= 0.3 is 5.97 Å². The van der Waals surface area contributed by atoms with Gasteiger partial charge in [-0.2, -0.15) is 0 Å². The summed E-state index contributed by atoms with van der Waals surface area (Å²) in [6, 6.07) is -0.886. The number of fused-ring (bicyclic) bond motifs is 1. The number of nitrogens with zero attached hydrogens (tertiary/aromatic N) is 2. The zero-order valence-electron chi connectivity index (χ0n) is 17.5. The van der Waals surface area contributed by atoms with Gasteiger partial charge < -0.3 is 24.4 Å². The van der Waals surface area contributed by atoms with Gasteiger partial charge in [0.15, 0.2) is 0 Å². The third kappa shape index (κ3) is 3.36. The van der Waals surface area contributed by atoms with E-state index < -0.39 is 35.6 Å². The van der Waals surface area contributed by atoms with E-state index in [2.05, 4.69) is 6.58 Å². The highest BCUT2D eigenvalue weighted by Crippen LogP contribution is 2.58. The molecule has 2 bridgehead atoms. The van der Waals surface area contributed by atoms with Crippen molar-refractivity contribution >= 4 is 17.8 Å². The van der Waals surface area contributed by atoms with E-state index in [9.17, 15) is 19.5 Å². The van der Waals surface area contributed by atoms with Crippen molar-refractivity contribution < 1.29 is 29.0 Å². The van der Waals surface area contributed by atoms with E-state index in [1.54, 1.807) is 17.9 Å². The summed E-state index contributed by atoms with van der Waals surface area (Å²) < 4.78 is 11.5. The molecule has 3 rings (SSSR count). The first kappa shape index (κ1) is 21.8. The summed E-state index contributed by atoms with van der Waals surface area (Å²) in [6.07, 6.45) is 2.79. The largest absolute Gasteiger partial charge is 0.466 e. The van der Waals surface area contributed by atoms with Crippen LogP contribution in [0.25, 0.3) is 0 Å². The lowest BCUT2D eigenvalue weighted by atomic mass is 9.70. The first-order valence-corrected chi connectivity index (χ1v) is 10.5. The summed E-state index contributed by atoms with van der Waals surface area (Å²) in [5, 5.41) is 9.31. The summed E-state index contributed by atoms with van der Waals surface area (Å²) in [4.78, 5) is 42.9. The van der Waals surface area contributed by atoms with Crippen molar-refractivity contribution in [3.8, 4) is 0 Å². The number of hydrogen-bond acceptors (Lipinski definition) is 6. The third-order valence-corrected chi connectivity index (χ3v) is 6.38. The second-order valence-corrected chi connectivity index (χ2v) is 8.29. The van der Waals surface area contributed by atoms with Crippen molar-refractivity contribution in [3.63, 3.8) is 0 Å². The standard InChI is InChI=1S/C21H32N2O6/c1-5-10-22(13(3)4)19(26)17-21-9-8-14(29-21)15(20(27)28-6-2)16(21)18(25)23(17)11-7-12-24/h5,13-17,24H,1,6-12H2,2-4H3/t14-,15+,16-,17?,21?/m0/s1. The molecule has 162 valence electrons. The normalized spacial score (nSPS) is 32.6. The van der Waals surface area contributed by atoms with Gasteiger partial charge in [-0.15, -0.1) is 6.58 Å². The Morgan fingerprint density at radius 1 is 1.48 bits per heavy atom. The van der Waals surface area contributed by atoms with Crippen molar-refractivity contribution in [2.24, 2.45) is 11.8 Å². The number of hydrogen-bond donors (Lipinski definition) is 1. The molecule has 2 amide bonds. The van der Waals surface area contributed by atoms with Crippen LogP contribution in [0.15, 0.2) is 12.7 Å². The molecule has 1 spiro atoms. The van der Waals surface area contributed by atoms with Crippen LogP contribution in [0.5, 0.6) is 0 Å². The van der Waals surface area contributed by atoms with Crippen molar-refractivity contribution in [3.05, 3.63) is 12.7 Å². The van der Waals surface area contributed by atoms with Gasteiger partial charge in [0.25, 0.3) is 0 Å². The number of carbonyl (C=O) groups excluding carboxylic acids is 3. The Balaban J connectivity index is 2.01. The van der Waals surface area contributed by atoms with Crippen molar-refractivity contribution in [1.29, 1.82) is 0 Å². The van der Waals surface area contributed by atoms with Crippen LogP contribution >= 0.6 is 0 Å². The molecule has 2 unspecified atom stereocenters. The first-order chi connectivity index (χ1) is 13.8. The molecule has 0 aromatic carbocycles. The minimum Gasteiger partial charge on any atom is -0.466 e. The van der Waals surface area contributed by atoms with Gasteiger partial charge in [-0.05, 0) is 40.0 Å². The highest BCUT2D eigenvalue weighted by Gasteiger charge is 2.75. The molecule has 0 radical (unpaired) electrons. The van der Waals surface area contributed by atoms with Crippen LogP contribution in [0.4, 0.5) is 0 Å². The molecule has 8 nitrogen and oxygen atoms in total. The third-order valence-electron chi connectivity index (χ3n) is 6.38. The number of aliphatic hydroxyl groups excluding tert-OH is 1. The van der Waals surface area contributed by atoms with E-state index in [1.165, 1.54) is 4.90 Å². The summed E-state index contributed by atoms with van der Waals surface area (Å²) in [5.74, 6) is -2.28. The van der Waals surface area contributed by atoms with Gasteiger partial charge in [-0.25, -0.2) is 0 Å². The molecular formula is C21H32N2O6. The fourth-order valence-corrected chi connectivity index (χ4v) is 5.27. The Kier molecular flexibility index (Phi) is 6.33. The van der Waals surface area contributed by atoms with E-state index in [0.717, 1.165) is 0 Å². The fraction of sp³-hybridized carbons (Fsp3) is 0.762. The molecule has 0 saturated carbocycles. The Morgan fingerprint density at radius 2 is 2.21 bits per heavy atom. The Labute approximate surface area is 171 Å². The molecule has 3 aliphatic heterocycles. The summed E-state index contributed by atoms with van der Waals surface area (Å²) >= 11 is 0. The van der Waals surface area contributed by atoms with E-state index in [-0.39, 0.29) is 37.6 Å². The lowest BCUT2D eigenvalue weighted by Gasteiger charge is -2.38. The maximum absolute atomic E-state index is 13.6. The quantitative estimate of drug-likeness (QED) is 0.446. The van der Waals surface area contributed by atoms with E-state index in [0.29, 0.717) is 25.8 Å². The summed E-state index contributed by atoms with van der Waals surface area (Å²) in [5.41, 5.74) is -1.01. The summed E-state index contributed by atoms with van der Waals surface area (Å²) in [6.45, 7) is 10.1. The van der Waals surface area contributed by atoms with Crippen molar-refractivity contribution in [2.75, 3.05) is 26.3 Å². The Bertz CT molecular complexity index is 680. The number of aliphatic hydroxyl groups is 1. The van der Waals surface area contributed by atoms with Crippen LogP contribution in [0.2, 0.25) is 0 Å². The van der Waals surface area contributed by atoms with Gasteiger partial charge in [0.1, 0.15) is 11.6 Å². The monoisotopic (exact) mass is 408 g/mol. The van der Waals surface area contributed by atoms with Gasteiger partial charge in [-0.3, -0.25) is 14.4 Å². The first-order valence-electron chi connectivity index (χ1n) is 10.5. The topological polar surface area (TPSA) is 96.4 Å². The zero-order valence-corrected chi connectivity index (χ0v) is 17.5. The number of ether oxygens (including phenoxy) is 2. The smallest absolute Gasteiger partial charge is 0.312 e. The minimum atomic E-state index is -1.01. The molecule has 0 aromatic rings. The van der Waals surface area contributed by atoms with E-state index >= 15 is 0 Å². The van der Waals surface area contributed by atoms with Crippen LogP contribution in [-0.2, 0) is 23.9 Å². The van der Waals surface area contributed by atoms with Gasteiger partial charge in [-0.1, -0.05) is 6.08 Å². The van der Waals surface area contributed by atoms with E-state index in [4.69, 9.17) is 9.47 Å². The highest BCUT2D eigenvalue weighted by atomic mass is 16.6. The molecule has 3 aliphatic rings. The maximum atomic E-state index is 13.6. The molecular weight excluding hydrogens is 376 g/mol. The number of likely N-dealkylation sites (tertiary alicyclic amines) is 1. The molecule has 3 heterocycles. The van der Waals surface area contributed by atoms with Crippen LogP contribution in [-0.4, -0.2) is 82.8 Å². The molecule has 0 aliphatic carbocycles. The predicted molar refractivity (Wildman–Crippen MR) is 105 cm³/mol. The second-order valence-electron chi connectivity index (χ2n) is 8.29. The molecule has 0 aromatic heterocycles. The molecule has 1 N–H and O–H groups in total. The predicted octanol–water partition coefficient (Wildman–Crippen LogP) is 0.730. The van der Waals surface area contributed by atoms with Gasteiger partial charge in [0.2, 0.25) is 11.8 Å². The summed E-state index contributed by atoms with van der Waals surface area (Å²) in [7, 11) is 0. The van der Waals surface area contributed by atoms with Crippen molar-refractivity contribution in [2.45, 2.75) is 63.8 Å². The number of amides is 2. The van der Waals surface area contributed by atoms with Gasteiger partial charge in [0.05, 0.1) is 24.5 Å². The highest BCUT2D eigenvalue weighted by molar-refractivity contribution is 5.98. The molecule has 5 atom stereocenters. The Hall–Kier alpha value is -1.93. The van der Waals surface area contributed by atoms with E-state index in [1.807, 2.05) is 13.8 Å². The maximum Gasteiger partial charge on any atom is 0.312 e. The fourth-order valence-electron chi connectivity index (χ4n) is 5.27. The van der Waals surface area contributed by atoms with Crippen LogP contribution in [0.3, 0.4) is 0 Å². The average molecular weight is 408 g/mol. The molecule has 3 saturated heterocycles. The number of esters is 1. The Morgan fingerprint density at radius 3 is 2.79 bits per heavy atom. The minimum absolute atomic E-state index is 0.0785. The van der Waals surface area contributed by atoms with Crippen molar-refractivity contribution in [1.82, 2.24) is 9.80 Å². The van der Waals surface area contributed by atoms with Crippen LogP contribution < -0.4 is 0 Å². The second kappa shape index (κ2) is 8.44. The van der Waals surface area contributed by atoms with Crippen LogP contribution in [0.1, 0.15) is 40.0 Å². The molecule has 3 fully saturated rings. The SMILES string of the molecule is C=CCN(C(=O)C1N(CCCO)C(=O)[C@@H]2[C@H](C(=O)OCC)[C@@H]3CCC12O3)C(C)C. The number of rotatable bonds is 9. The van der Waals surface area contributed by atoms with Crippen LogP contribution in [0, 0.1) is 11.8 Å². The molecule has 29 heavy (non-hydrogen) atoms. The average Bonchev–Trinajstić information content (AvgIpc) is 3.31. The zero-order chi connectivity index (χ0) is 21.3.